The van der Waals surface area contributed by atoms with Crippen LogP contribution in [0.1, 0.15) is 145 Å². The molecule has 8 atom stereocenters. The molecule has 0 saturated heterocycles. The number of hydrogen-bond acceptors (Lipinski definition) is 0. The first-order valence-electron chi connectivity index (χ1n) is 18.6. The minimum absolute atomic E-state index is 0. The first-order chi connectivity index (χ1) is 18.8. The third kappa shape index (κ3) is 16.9. The van der Waals surface area contributed by atoms with E-state index in [2.05, 4.69) is 138 Å². The predicted molar refractivity (Wildman–Crippen MR) is 233 cm³/mol. The minimum Gasteiger partial charge on any atom is -0.358 e. The standard InChI is InChI=1S/C11H22.2C10H20.C10H19.CH4.6CH3.2Zr/c1-6-11-9(4)7(2)8(3)10(11)5;3*1-6-7(2)9(4)10(5)8(6)3;;;;;;;;;/h7-11H,6H2,1-5H3;2*6-10H,1-5H3;6-10H,1H2,2-5H3;1H4;6*1H3;;/q;;;-1;;6*-1;2*+4. The van der Waals surface area contributed by atoms with E-state index in [0.717, 1.165) is 112 Å². The summed E-state index contributed by atoms with van der Waals surface area (Å²) in [5, 5.41) is 0. The fraction of sp³-hybridized carbons (Fsp3) is 0.854. The first-order valence-corrected chi connectivity index (χ1v) is 18.6. The summed E-state index contributed by atoms with van der Waals surface area (Å²) in [5.41, 5.74) is 0. The number of hydrogen-bond donors (Lipinski definition) is 0. The van der Waals surface area contributed by atoms with Gasteiger partial charge in [0.15, 0.2) is 0 Å². The van der Waals surface area contributed by atoms with E-state index in [0.29, 0.717) is 5.92 Å². The summed E-state index contributed by atoms with van der Waals surface area (Å²) in [6.45, 7) is 49.6. The van der Waals surface area contributed by atoms with Crippen LogP contribution in [0, 0.1) is 170 Å². The van der Waals surface area contributed by atoms with Crippen LogP contribution in [0.15, 0.2) is 0 Å². The largest absolute Gasteiger partial charge is 4.00 e. The summed E-state index contributed by atoms with van der Waals surface area (Å²) in [6.07, 6.45) is 1.37. The predicted octanol–water partition coefficient (Wildman–Crippen LogP) is 16.3. The third-order valence-corrected chi connectivity index (χ3v) is 16.4. The fourth-order valence-electron chi connectivity index (χ4n) is 9.96. The van der Waals surface area contributed by atoms with Crippen molar-refractivity contribution in [1.29, 1.82) is 0 Å². The summed E-state index contributed by atoms with van der Waals surface area (Å²) in [6, 6.07) is 0. The molecule has 0 heterocycles. The molecule has 2 heteroatoms. The fourth-order valence-corrected chi connectivity index (χ4v) is 9.96. The summed E-state index contributed by atoms with van der Waals surface area (Å²) in [5.74, 6) is 18.2. The summed E-state index contributed by atoms with van der Waals surface area (Å²) >= 11 is 0. The average Bonchev–Trinajstić information content (AvgIpc) is 3.40. The van der Waals surface area contributed by atoms with Crippen molar-refractivity contribution in [3.8, 4) is 0 Å². The van der Waals surface area contributed by atoms with Crippen LogP contribution in [0.5, 0.6) is 0 Å². The molecule has 0 radical (unpaired) electrons. The third-order valence-electron chi connectivity index (χ3n) is 16.4. The van der Waals surface area contributed by atoms with E-state index in [1.54, 1.807) is 0 Å². The van der Waals surface area contributed by atoms with Gasteiger partial charge in [-0.25, -0.2) is 0 Å². The van der Waals surface area contributed by atoms with Gasteiger partial charge in [-0.15, -0.1) is 0 Å². The Labute approximate surface area is 364 Å². The molecule has 0 nitrogen and oxygen atoms in total. The Morgan fingerprint density at radius 2 is 0.400 bits per heavy atom. The second-order valence-corrected chi connectivity index (χ2v) is 17.2. The first kappa shape index (κ1) is 72.9. The van der Waals surface area contributed by atoms with Gasteiger partial charge in [0.25, 0.3) is 0 Å². The Hall–Kier alpha value is 1.77. The molecule has 0 aromatic heterocycles. The van der Waals surface area contributed by atoms with Crippen molar-refractivity contribution in [2.24, 2.45) is 118 Å². The SMILES string of the molecule is C.CC1C(C)C(C)C(C)C1C.CC1C(C)C(C)C(C)C1C.CCC1C(C)C(C)C(C)C1C.[CH2-]C1C(C)C(C)C(C)C1C.[CH3-].[CH3-].[CH3-].[CH3-].[CH3-].[CH3-].[Zr+4].[Zr+4]. The zero-order chi connectivity index (χ0) is 32.3. The smallest absolute Gasteiger partial charge is 0.358 e. The van der Waals surface area contributed by atoms with Gasteiger partial charge in [0, 0.05) is 0 Å². The van der Waals surface area contributed by atoms with Gasteiger partial charge in [-0.05, 0) is 101 Å². The summed E-state index contributed by atoms with van der Waals surface area (Å²) < 4.78 is 0. The van der Waals surface area contributed by atoms with Gasteiger partial charge in [-0.3, -0.25) is 0 Å². The second-order valence-electron chi connectivity index (χ2n) is 17.2. The van der Waals surface area contributed by atoms with Gasteiger partial charge in [-0.1, -0.05) is 157 Å². The van der Waals surface area contributed by atoms with E-state index in [-0.39, 0.29) is 104 Å². The molecule has 0 spiro atoms. The van der Waals surface area contributed by atoms with Gasteiger partial charge in [0.1, 0.15) is 0 Å². The molecule has 0 aliphatic heterocycles. The van der Waals surface area contributed by atoms with E-state index < -0.39 is 0 Å². The average molecular weight is 863 g/mol. The number of rotatable bonds is 1. The molecule has 0 aromatic rings. The molecule has 0 amide bonds. The van der Waals surface area contributed by atoms with Crippen molar-refractivity contribution in [2.45, 2.75) is 145 Å². The second kappa shape index (κ2) is 31.9. The van der Waals surface area contributed by atoms with Crippen LogP contribution >= 0.6 is 0 Å². The monoisotopic (exact) mass is 860 g/mol. The maximum Gasteiger partial charge on any atom is 4.00 e. The summed E-state index contributed by atoms with van der Waals surface area (Å²) in [4.78, 5) is 0. The van der Waals surface area contributed by atoms with Gasteiger partial charge < -0.3 is 51.5 Å². The van der Waals surface area contributed by atoms with Crippen LogP contribution in [0.25, 0.3) is 0 Å². The van der Waals surface area contributed by atoms with Crippen molar-refractivity contribution >= 4 is 0 Å². The molecule has 50 heavy (non-hydrogen) atoms. The molecule has 4 aliphatic rings. The zero-order valence-electron chi connectivity index (χ0n) is 39.0. The van der Waals surface area contributed by atoms with E-state index in [4.69, 9.17) is 0 Å². The minimum atomic E-state index is 0. The van der Waals surface area contributed by atoms with Crippen LogP contribution in [0.3, 0.4) is 0 Å². The zero-order valence-corrected chi connectivity index (χ0v) is 43.9. The molecule has 302 valence electrons. The Kier molecular flexibility index (Phi) is 46.6. The molecule has 4 aliphatic carbocycles. The van der Waals surface area contributed by atoms with E-state index >= 15 is 0 Å². The van der Waals surface area contributed by atoms with Crippen molar-refractivity contribution < 1.29 is 52.4 Å². The normalized spacial score (nSPS) is 44.6. The van der Waals surface area contributed by atoms with Crippen LogP contribution in [0.4, 0.5) is 0 Å². The maximum atomic E-state index is 4.20. The Morgan fingerprint density at radius 3 is 0.480 bits per heavy atom. The quantitative estimate of drug-likeness (QED) is 0.230. The van der Waals surface area contributed by atoms with Crippen LogP contribution < -0.4 is 0 Å². The molecular weight excluding hydrogens is 759 g/mol. The van der Waals surface area contributed by atoms with Gasteiger partial charge in [0.2, 0.25) is 0 Å². The van der Waals surface area contributed by atoms with E-state index in [1.165, 1.54) is 6.42 Å². The van der Waals surface area contributed by atoms with Gasteiger partial charge in [0.05, 0.1) is 0 Å². The molecule has 0 aromatic carbocycles. The molecule has 8 unspecified atom stereocenters. The Bertz CT molecular complexity index is 516. The van der Waals surface area contributed by atoms with Crippen LogP contribution in [-0.2, 0) is 52.4 Å². The van der Waals surface area contributed by atoms with Gasteiger partial charge >= 0.3 is 52.4 Å². The maximum absolute atomic E-state index is 4.20. The molecular formula is C48H103Zr2+. The molecule has 0 bridgehead atoms. The van der Waals surface area contributed by atoms with Crippen molar-refractivity contribution in [3.05, 3.63) is 51.5 Å². The van der Waals surface area contributed by atoms with Crippen molar-refractivity contribution in [1.82, 2.24) is 0 Å². The molecule has 0 N–H and O–H groups in total. The molecule has 4 rings (SSSR count). The van der Waals surface area contributed by atoms with Gasteiger partial charge in [-0.2, -0.15) is 5.92 Å². The van der Waals surface area contributed by atoms with Crippen molar-refractivity contribution in [3.63, 3.8) is 0 Å². The van der Waals surface area contributed by atoms with E-state index in [9.17, 15) is 0 Å². The molecule has 4 saturated carbocycles. The Morgan fingerprint density at radius 1 is 0.280 bits per heavy atom. The summed E-state index contributed by atoms with van der Waals surface area (Å²) in [7, 11) is 0. The van der Waals surface area contributed by atoms with E-state index in [1.807, 2.05) is 0 Å². The Balaban J connectivity index is -0.0000000604. The topological polar surface area (TPSA) is 0 Å². The van der Waals surface area contributed by atoms with Crippen molar-refractivity contribution in [2.75, 3.05) is 0 Å². The molecule has 4 fully saturated rings. The van der Waals surface area contributed by atoms with Crippen LogP contribution in [-0.4, -0.2) is 0 Å². The van der Waals surface area contributed by atoms with Crippen LogP contribution in [0.2, 0.25) is 0 Å².